The van der Waals surface area contributed by atoms with Crippen molar-refractivity contribution in [2.24, 2.45) is 0 Å². The number of fused-ring (bicyclic) bond motifs is 3. The van der Waals surface area contributed by atoms with Crippen LogP contribution in [0.1, 0.15) is 47.2 Å². The van der Waals surface area contributed by atoms with Gasteiger partial charge in [0, 0.05) is 23.4 Å². The van der Waals surface area contributed by atoms with E-state index >= 15 is 0 Å². The minimum atomic E-state index is -0.938. The fraction of sp³-hybridized carbons (Fsp3) is 0.296. The second kappa shape index (κ2) is 9.92. The van der Waals surface area contributed by atoms with Gasteiger partial charge in [0.25, 0.3) is 5.91 Å². The summed E-state index contributed by atoms with van der Waals surface area (Å²) in [4.78, 5) is 39.9. The highest BCUT2D eigenvalue weighted by Crippen LogP contribution is 2.44. The van der Waals surface area contributed by atoms with E-state index < -0.39 is 18.1 Å². The van der Waals surface area contributed by atoms with E-state index in [0.29, 0.717) is 17.8 Å². The maximum atomic E-state index is 13.4. The van der Waals surface area contributed by atoms with Crippen molar-refractivity contribution in [2.75, 3.05) is 13.2 Å². The minimum Gasteiger partial charge on any atom is -0.481 e. The minimum absolute atomic E-state index is 0.0810. The van der Waals surface area contributed by atoms with E-state index in [1.165, 1.54) is 11.3 Å². The van der Waals surface area contributed by atoms with Crippen LogP contribution < -0.4 is 5.32 Å². The molecule has 1 aliphatic carbocycles. The lowest BCUT2D eigenvalue weighted by Gasteiger charge is -2.28. The molecular formula is C27H26N2O5S. The highest BCUT2D eigenvalue weighted by atomic mass is 32.1. The Hall–Kier alpha value is -3.65. The van der Waals surface area contributed by atoms with Crippen molar-refractivity contribution in [3.05, 3.63) is 82.0 Å². The lowest BCUT2D eigenvalue weighted by molar-refractivity contribution is -0.140. The van der Waals surface area contributed by atoms with Gasteiger partial charge in [0.05, 0.1) is 6.42 Å². The molecular weight excluding hydrogens is 464 g/mol. The Morgan fingerprint density at radius 1 is 1.03 bits per heavy atom. The maximum absolute atomic E-state index is 13.4. The van der Waals surface area contributed by atoms with Crippen LogP contribution in [0.3, 0.4) is 0 Å². The summed E-state index contributed by atoms with van der Waals surface area (Å²) in [6, 6.07) is 18.5. The van der Waals surface area contributed by atoms with Gasteiger partial charge in [-0.05, 0) is 46.5 Å². The summed E-state index contributed by atoms with van der Waals surface area (Å²) in [7, 11) is 0. The van der Waals surface area contributed by atoms with Gasteiger partial charge >= 0.3 is 12.1 Å². The summed E-state index contributed by atoms with van der Waals surface area (Å²) in [5, 5.41) is 13.8. The van der Waals surface area contributed by atoms with Gasteiger partial charge < -0.3 is 20.1 Å². The Bertz CT molecular complexity index is 1200. The molecule has 180 valence electrons. The summed E-state index contributed by atoms with van der Waals surface area (Å²) in [5.74, 6) is -1.32. The predicted molar refractivity (Wildman–Crippen MR) is 132 cm³/mol. The molecule has 0 spiro atoms. The Morgan fingerprint density at radius 2 is 1.71 bits per heavy atom. The molecule has 1 aliphatic heterocycles. The third-order valence-electron chi connectivity index (χ3n) is 6.75. The van der Waals surface area contributed by atoms with E-state index in [9.17, 15) is 19.5 Å². The fourth-order valence-corrected chi connectivity index (χ4v) is 5.94. The number of nitrogens with one attached hydrogen (secondary N) is 1. The van der Waals surface area contributed by atoms with E-state index in [4.69, 9.17) is 4.74 Å². The van der Waals surface area contributed by atoms with E-state index in [1.54, 1.807) is 11.0 Å². The van der Waals surface area contributed by atoms with Crippen LogP contribution in [0, 0.1) is 0 Å². The van der Waals surface area contributed by atoms with Crippen LogP contribution in [0.2, 0.25) is 0 Å². The van der Waals surface area contributed by atoms with Crippen LogP contribution in [0.25, 0.3) is 11.1 Å². The topological polar surface area (TPSA) is 95.9 Å². The van der Waals surface area contributed by atoms with E-state index in [1.807, 2.05) is 35.7 Å². The van der Waals surface area contributed by atoms with Crippen molar-refractivity contribution in [3.8, 4) is 11.1 Å². The second-order valence-electron chi connectivity index (χ2n) is 8.84. The average molecular weight is 491 g/mol. The van der Waals surface area contributed by atoms with Gasteiger partial charge in [0.15, 0.2) is 0 Å². The maximum Gasteiger partial charge on any atom is 0.408 e. The lowest BCUT2D eigenvalue weighted by Crippen LogP contribution is -2.45. The average Bonchev–Trinajstić information content (AvgIpc) is 3.60. The van der Waals surface area contributed by atoms with Crippen LogP contribution in [0.4, 0.5) is 4.79 Å². The normalized spacial score (nSPS) is 17.5. The van der Waals surface area contributed by atoms with Gasteiger partial charge in [-0.15, -0.1) is 11.3 Å². The first-order chi connectivity index (χ1) is 17.0. The first-order valence-electron chi connectivity index (χ1n) is 11.7. The number of thiophene rings is 1. The molecule has 35 heavy (non-hydrogen) atoms. The molecule has 2 atom stereocenters. The Kier molecular flexibility index (Phi) is 6.55. The van der Waals surface area contributed by atoms with Crippen molar-refractivity contribution in [1.82, 2.24) is 10.2 Å². The SMILES string of the molecule is O=C(O)C[C@@H]1CCCN1C(=O)C(NC(=O)OCC1c2ccccc2-c2ccccc21)c1cccs1. The van der Waals surface area contributed by atoms with E-state index in [-0.39, 0.29) is 30.9 Å². The number of carbonyl (C=O) groups excluding carboxylic acids is 2. The van der Waals surface area contributed by atoms with Crippen molar-refractivity contribution in [1.29, 1.82) is 0 Å². The molecule has 8 heteroatoms. The highest BCUT2D eigenvalue weighted by Gasteiger charge is 2.37. The van der Waals surface area contributed by atoms with Crippen molar-refractivity contribution < 1.29 is 24.2 Å². The summed E-state index contributed by atoms with van der Waals surface area (Å²) in [6.07, 6.45) is 0.604. The summed E-state index contributed by atoms with van der Waals surface area (Å²) >= 11 is 1.37. The summed E-state index contributed by atoms with van der Waals surface area (Å²) < 4.78 is 5.66. The number of amides is 2. The molecule has 3 aromatic rings. The number of ether oxygens (including phenoxy) is 1. The van der Waals surface area contributed by atoms with Crippen LogP contribution in [-0.2, 0) is 14.3 Å². The number of carboxylic acid groups (broad SMARTS) is 1. The number of nitrogens with zero attached hydrogens (tertiary/aromatic N) is 1. The van der Waals surface area contributed by atoms with Crippen LogP contribution in [0.5, 0.6) is 0 Å². The number of carbonyl (C=O) groups is 3. The molecule has 5 rings (SSSR count). The molecule has 1 fully saturated rings. The van der Waals surface area contributed by atoms with Gasteiger partial charge in [0.2, 0.25) is 0 Å². The molecule has 2 heterocycles. The largest absolute Gasteiger partial charge is 0.481 e. The molecule has 1 aromatic heterocycles. The van der Waals surface area contributed by atoms with Crippen LogP contribution in [-0.4, -0.2) is 47.2 Å². The van der Waals surface area contributed by atoms with Crippen molar-refractivity contribution in [3.63, 3.8) is 0 Å². The zero-order valence-electron chi connectivity index (χ0n) is 19.1. The van der Waals surface area contributed by atoms with Gasteiger partial charge in [-0.2, -0.15) is 0 Å². The third-order valence-corrected chi connectivity index (χ3v) is 7.69. The first kappa shape index (κ1) is 23.1. The monoisotopic (exact) mass is 490 g/mol. The molecule has 7 nitrogen and oxygen atoms in total. The van der Waals surface area contributed by atoms with Crippen LogP contribution >= 0.6 is 11.3 Å². The van der Waals surface area contributed by atoms with Gasteiger partial charge in [-0.25, -0.2) is 4.79 Å². The van der Waals surface area contributed by atoms with E-state index in [2.05, 4.69) is 29.6 Å². The Balaban J connectivity index is 1.30. The van der Waals surface area contributed by atoms with Gasteiger partial charge in [0.1, 0.15) is 12.6 Å². The molecule has 2 N–H and O–H groups in total. The fourth-order valence-electron chi connectivity index (χ4n) is 5.17. The number of benzene rings is 2. The molecule has 2 aromatic carbocycles. The van der Waals surface area contributed by atoms with E-state index in [0.717, 1.165) is 28.7 Å². The third kappa shape index (κ3) is 4.66. The predicted octanol–water partition coefficient (Wildman–Crippen LogP) is 4.79. The standard InChI is InChI=1S/C27H26N2O5S/c30-24(31)15-17-7-5-13-29(17)26(32)25(23-12-6-14-35-23)28-27(33)34-16-22-20-10-3-1-8-18(20)19-9-2-4-11-21(19)22/h1-4,6,8-12,14,17,22,25H,5,7,13,15-16H2,(H,28,33)(H,30,31)/t17-,25?/m0/s1. The molecule has 0 saturated carbocycles. The molecule has 0 radical (unpaired) electrons. The zero-order chi connectivity index (χ0) is 24.4. The number of carboxylic acids is 1. The van der Waals surface area contributed by atoms with Crippen LogP contribution in [0.15, 0.2) is 66.0 Å². The number of rotatable bonds is 7. The first-order valence-corrected chi connectivity index (χ1v) is 12.6. The molecule has 1 unspecified atom stereocenters. The summed E-state index contributed by atoms with van der Waals surface area (Å²) in [5.41, 5.74) is 4.51. The zero-order valence-corrected chi connectivity index (χ0v) is 19.9. The smallest absolute Gasteiger partial charge is 0.408 e. The highest BCUT2D eigenvalue weighted by molar-refractivity contribution is 7.10. The molecule has 2 amide bonds. The number of hydrogen-bond acceptors (Lipinski definition) is 5. The molecule has 2 aliphatic rings. The Morgan fingerprint density at radius 3 is 2.34 bits per heavy atom. The number of likely N-dealkylation sites (tertiary alicyclic amines) is 1. The van der Waals surface area contributed by atoms with Crippen molar-refractivity contribution in [2.45, 2.75) is 37.3 Å². The number of aliphatic carboxylic acids is 1. The molecule has 1 saturated heterocycles. The van der Waals surface area contributed by atoms with Gasteiger partial charge in [-0.3, -0.25) is 9.59 Å². The number of hydrogen-bond donors (Lipinski definition) is 2. The summed E-state index contributed by atoms with van der Waals surface area (Å²) in [6.45, 7) is 0.627. The molecule has 0 bridgehead atoms. The Labute approximate surface area is 207 Å². The van der Waals surface area contributed by atoms with Crippen molar-refractivity contribution >= 4 is 29.3 Å². The van der Waals surface area contributed by atoms with Gasteiger partial charge in [-0.1, -0.05) is 54.6 Å². The quantitative estimate of drug-likeness (QED) is 0.496. The second-order valence-corrected chi connectivity index (χ2v) is 9.82. The lowest BCUT2D eigenvalue weighted by atomic mass is 9.98. The number of alkyl carbamates (subject to hydrolysis) is 1.